The molecule has 0 aromatic heterocycles. The van der Waals surface area contributed by atoms with Crippen LogP contribution in [0.1, 0.15) is 19.3 Å². The summed E-state index contributed by atoms with van der Waals surface area (Å²) in [6.07, 6.45) is 2.14. The van der Waals surface area contributed by atoms with Crippen molar-refractivity contribution in [3.63, 3.8) is 0 Å². The maximum Gasteiger partial charge on any atom is 0.213 e. The third-order valence-corrected chi connectivity index (χ3v) is 6.18. The predicted octanol–water partition coefficient (Wildman–Crippen LogP) is -0.233. The van der Waals surface area contributed by atoms with Crippen molar-refractivity contribution in [2.45, 2.75) is 19.3 Å². The molecule has 0 radical (unpaired) electrons. The second kappa shape index (κ2) is 6.83. The van der Waals surface area contributed by atoms with E-state index in [4.69, 9.17) is 4.74 Å². The number of nitrogens with one attached hydrogen (secondary N) is 1. The topological polar surface area (TPSA) is 89.5 Å². The van der Waals surface area contributed by atoms with Gasteiger partial charge in [-0.1, -0.05) is 0 Å². The lowest BCUT2D eigenvalue weighted by atomic mass is 10.0. The highest BCUT2D eigenvalue weighted by molar-refractivity contribution is 7.91. The molecular formula is C10H21NO5S2. The number of methoxy groups -OCH3 is 1. The molecule has 1 unspecified atom stereocenters. The summed E-state index contributed by atoms with van der Waals surface area (Å²) in [4.78, 5) is 0. The van der Waals surface area contributed by atoms with Gasteiger partial charge in [-0.15, -0.1) is 0 Å². The van der Waals surface area contributed by atoms with Gasteiger partial charge in [0.1, 0.15) is 0 Å². The lowest BCUT2D eigenvalue weighted by Gasteiger charge is -2.08. The molecule has 1 rings (SSSR count). The largest absolute Gasteiger partial charge is 0.384 e. The standard InChI is InChI=1S/C10H21NO5S2/c1-16-6-8-18(14,15)11-5-2-3-10-4-7-17(12,13)9-10/h10-11H,2-9H2,1H3. The molecule has 1 aliphatic heterocycles. The first-order chi connectivity index (χ1) is 8.35. The number of hydrogen-bond acceptors (Lipinski definition) is 5. The third kappa shape index (κ3) is 6.12. The smallest absolute Gasteiger partial charge is 0.213 e. The second-order valence-corrected chi connectivity index (χ2v) is 8.77. The Hall–Kier alpha value is -0.180. The van der Waals surface area contributed by atoms with Crippen LogP contribution >= 0.6 is 0 Å². The summed E-state index contributed by atoms with van der Waals surface area (Å²) in [5.74, 6) is 0.681. The maximum absolute atomic E-state index is 11.4. The Morgan fingerprint density at radius 3 is 2.67 bits per heavy atom. The van der Waals surface area contributed by atoms with Crippen LogP contribution in [0.25, 0.3) is 0 Å². The maximum atomic E-state index is 11.4. The predicted molar refractivity (Wildman–Crippen MR) is 69.7 cm³/mol. The number of sulfonamides is 1. The highest BCUT2D eigenvalue weighted by Gasteiger charge is 2.27. The molecule has 1 N–H and O–H groups in total. The molecule has 8 heteroatoms. The minimum atomic E-state index is -3.26. The van der Waals surface area contributed by atoms with Crippen molar-refractivity contribution in [3.8, 4) is 0 Å². The Morgan fingerprint density at radius 2 is 2.11 bits per heavy atom. The van der Waals surface area contributed by atoms with E-state index in [0.29, 0.717) is 19.4 Å². The second-order valence-electron chi connectivity index (χ2n) is 4.62. The van der Waals surface area contributed by atoms with E-state index in [9.17, 15) is 16.8 Å². The van der Waals surface area contributed by atoms with Crippen LogP contribution in [0.2, 0.25) is 0 Å². The highest BCUT2D eigenvalue weighted by atomic mass is 32.2. The van der Waals surface area contributed by atoms with Crippen molar-refractivity contribution >= 4 is 19.9 Å². The third-order valence-electron chi connectivity index (χ3n) is 2.99. The molecule has 0 saturated carbocycles. The molecule has 0 aromatic carbocycles. The van der Waals surface area contributed by atoms with Crippen molar-refractivity contribution in [3.05, 3.63) is 0 Å². The molecule has 6 nitrogen and oxygen atoms in total. The fourth-order valence-corrected chi connectivity index (χ4v) is 4.88. The summed E-state index contributed by atoms with van der Waals surface area (Å²) < 4.78 is 52.4. The van der Waals surface area contributed by atoms with Gasteiger partial charge in [0.15, 0.2) is 9.84 Å². The first-order valence-corrected chi connectivity index (χ1v) is 9.49. The van der Waals surface area contributed by atoms with E-state index in [1.807, 2.05) is 0 Å². The zero-order valence-corrected chi connectivity index (χ0v) is 12.2. The fraction of sp³-hybridized carbons (Fsp3) is 1.00. The van der Waals surface area contributed by atoms with Gasteiger partial charge >= 0.3 is 0 Å². The summed E-state index contributed by atoms with van der Waals surface area (Å²) in [7, 11) is -4.63. The first-order valence-electron chi connectivity index (χ1n) is 6.01. The van der Waals surface area contributed by atoms with E-state index < -0.39 is 19.9 Å². The van der Waals surface area contributed by atoms with Gasteiger partial charge in [0.2, 0.25) is 10.0 Å². The molecule has 1 fully saturated rings. The van der Waals surface area contributed by atoms with Crippen LogP contribution < -0.4 is 4.72 Å². The zero-order valence-electron chi connectivity index (χ0n) is 10.6. The first kappa shape index (κ1) is 15.9. The van der Waals surface area contributed by atoms with Gasteiger partial charge < -0.3 is 4.74 Å². The van der Waals surface area contributed by atoms with Crippen LogP contribution in [0.3, 0.4) is 0 Å². The van der Waals surface area contributed by atoms with Gasteiger partial charge in [0.25, 0.3) is 0 Å². The molecule has 0 aliphatic carbocycles. The lowest BCUT2D eigenvalue weighted by molar-refractivity contribution is 0.217. The van der Waals surface area contributed by atoms with Crippen molar-refractivity contribution in [2.75, 3.05) is 37.5 Å². The van der Waals surface area contributed by atoms with Crippen LogP contribution in [-0.4, -0.2) is 54.4 Å². The molecule has 18 heavy (non-hydrogen) atoms. The number of ether oxygens (including phenoxy) is 1. The van der Waals surface area contributed by atoms with E-state index in [0.717, 1.165) is 6.42 Å². The summed E-state index contributed by atoms with van der Waals surface area (Å²) in [6.45, 7) is 0.540. The summed E-state index contributed by atoms with van der Waals surface area (Å²) in [6, 6.07) is 0. The van der Waals surface area contributed by atoms with Gasteiger partial charge in [-0.3, -0.25) is 0 Å². The molecule has 1 atom stereocenters. The molecule has 1 heterocycles. The molecule has 0 bridgehead atoms. The van der Waals surface area contributed by atoms with E-state index >= 15 is 0 Å². The highest BCUT2D eigenvalue weighted by Crippen LogP contribution is 2.22. The van der Waals surface area contributed by atoms with Crippen molar-refractivity contribution in [2.24, 2.45) is 5.92 Å². The SMILES string of the molecule is COCCS(=O)(=O)NCCCC1CCS(=O)(=O)C1. The Balaban J connectivity index is 2.16. The normalized spacial score (nSPS) is 23.3. The van der Waals surface area contributed by atoms with E-state index in [1.165, 1.54) is 7.11 Å². The fourth-order valence-electron chi connectivity index (χ4n) is 1.98. The minimum absolute atomic E-state index is 0.0404. The van der Waals surface area contributed by atoms with E-state index in [2.05, 4.69) is 4.72 Å². The van der Waals surface area contributed by atoms with Gasteiger partial charge in [-0.2, -0.15) is 0 Å². The Bertz CT molecular complexity index is 443. The van der Waals surface area contributed by atoms with Crippen LogP contribution in [-0.2, 0) is 24.6 Å². The molecular weight excluding hydrogens is 278 g/mol. The number of rotatable bonds is 8. The Morgan fingerprint density at radius 1 is 1.39 bits per heavy atom. The molecule has 0 spiro atoms. The van der Waals surface area contributed by atoms with Crippen molar-refractivity contribution in [1.82, 2.24) is 4.72 Å². The van der Waals surface area contributed by atoms with Crippen LogP contribution in [0.5, 0.6) is 0 Å². The number of sulfone groups is 1. The summed E-state index contributed by atoms with van der Waals surface area (Å²) in [5, 5.41) is 0. The molecule has 1 aliphatic rings. The zero-order chi connectivity index (χ0) is 13.6. The monoisotopic (exact) mass is 299 g/mol. The van der Waals surface area contributed by atoms with Crippen LogP contribution in [0.4, 0.5) is 0 Å². The van der Waals surface area contributed by atoms with Crippen molar-refractivity contribution in [1.29, 1.82) is 0 Å². The number of hydrogen-bond donors (Lipinski definition) is 1. The van der Waals surface area contributed by atoms with Crippen LogP contribution in [0.15, 0.2) is 0 Å². The Labute approximate surface area is 109 Å². The van der Waals surface area contributed by atoms with E-state index in [-0.39, 0.29) is 29.8 Å². The molecule has 0 aromatic rings. The van der Waals surface area contributed by atoms with Gasteiger partial charge in [0, 0.05) is 13.7 Å². The van der Waals surface area contributed by atoms with Crippen molar-refractivity contribution < 1.29 is 21.6 Å². The van der Waals surface area contributed by atoms with Gasteiger partial charge in [-0.25, -0.2) is 21.6 Å². The lowest BCUT2D eigenvalue weighted by Crippen LogP contribution is -2.29. The summed E-state index contributed by atoms with van der Waals surface area (Å²) in [5.41, 5.74) is 0. The average molecular weight is 299 g/mol. The summed E-state index contributed by atoms with van der Waals surface area (Å²) >= 11 is 0. The molecule has 0 amide bonds. The Kier molecular flexibility index (Phi) is 6.03. The van der Waals surface area contributed by atoms with Gasteiger partial charge in [0.05, 0.1) is 23.9 Å². The minimum Gasteiger partial charge on any atom is -0.384 e. The van der Waals surface area contributed by atoms with E-state index in [1.54, 1.807) is 0 Å². The van der Waals surface area contributed by atoms with Gasteiger partial charge in [-0.05, 0) is 25.2 Å². The average Bonchev–Trinajstić information content (AvgIpc) is 2.62. The van der Waals surface area contributed by atoms with Crippen LogP contribution in [0, 0.1) is 5.92 Å². The molecule has 108 valence electrons. The molecule has 1 saturated heterocycles. The quantitative estimate of drug-likeness (QED) is 0.625.